The number of nitrogens with zero attached hydrogens (tertiary/aromatic N) is 1. The number of benzene rings is 1. The van der Waals surface area contributed by atoms with Crippen LogP contribution in [0.15, 0.2) is 18.2 Å². The summed E-state index contributed by atoms with van der Waals surface area (Å²) in [4.78, 5) is 2.51. The Morgan fingerprint density at radius 2 is 2.28 bits per heavy atom. The van der Waals surface area contributed by atoms with Gasteiger partial charge in [-0.25, -0.2) is 0 Å². The average Bonchev–Trinajstić information content (AvgIpc) is 2.41. The second kappa shape index (κ2) is 6.21. The molecule has 2 N–H and O–H groups in total. The van der Waals surface area contributed by atoms with Crippen LogP contribution in [0.5, 0.6) is 5.75 Å². The van der Waals surface area contributed by atoms with Gasteiger partial charge in [-0.15, -0.1) is 0 Å². The second-order valence-electron chi connectivity index (χ2n) is 5.28. The first-order valence-corrected chi connectivity index (χ1v) is 6.79. The van der Waals surface area contributed by atoms with E-state index in [0.29, 0.717) is 5.92 Å². The van der Waals surface area contributed by atoms with Crippen molar-refractivity contribution in [2.45, 2.75) is 26.3 Å². The largest absolute Gasteiger partial charge is 0.496 e. The first-order valence-electron chi connectivity index (χ1n) is 6.79. The zero-order valence-corrected chi connectivity index (χ0v) is 11.5. The Morgan fingerprint density at radius 1 is 1.44 bits per heavy atom. The van der Waals surface area contributed by atoms with Crippen LogP contribution in [0.2, 0.25) is 0 Å². The Kier molecular flexibility index (Phi) is 4.61. The molecule has 3 heteroatoms. The fourth-order valence-electron chi connectivity index (χ4n) is 2.71. The zero-order chi connectivity index (χ0) is 13.0. The van der Waals surface area contributed by atoms with Crippen LogP contribution < -0.4 is 10.5 Å². The van der Waals surface area contributed by atoms with Crippen molar-refractivity contribution in [2.75, 3.05) is 26.7 Å². The normalized spacial score (nSPS) is 20.9. The summed E-state index contributed by atoms with van der Waals surface area (Å²) in [6.07, 6.45) is 2.55. The van der Waals surface area contributed by atoms with Gasteiger partial charge in [0, 0.05) is 13.1 Å². The number of methoxy groups -OCH3 is 1. The zero-order valence-electron chi connectivity index (χ0n) is 11.5. The summed E-state index contributed by atoms with van der Waals surface area (Å²) >= 11 is 0. The topological polar surface area (TPSA) is 38.5 Å². The van der Waals surface area contributed by atoms with E-state index < -0.39 is 0 Å². The minimum absolute atomic E-state index is 0.672. The van der Waals surface area contributed by atoms with Crippen LogP contribution >= 0.6 is 0 Å². The minimum Gasteiger partial charge on any atom is -0.496 e. The molecule has 2 rings (SSSR count). The number of aryl methyl sites for hydroxylation is 1. The molecule has 18 heavy (non-hydrogen) atoms. The molecule has 0 radical (unpaired) electrons. The Labute approximate surface area is 110 Å². The van der Waals surface area contributed by atoms with Gasteiger partial charge in [0.05, 0.1) is 7.11 Å². The maximum Gasteiger partial charge on any atom is 0.122 e. The van der Waals surface area contributed by atoms with Crippen LogP contribution in [0, 0.1) is 12.8 Å². The van der Waals surface area contributed by atoms with E-state index in [1.165, 1.54) is 30.5 Å². The summed E-state index contributed by atoms with van der Waals surface area (Å²) in [5.74, 6) is 1.66. The predicted molar refractivity (Wildman–Crippen MR) is 74.8 cm³/mol. The maximum atomic E-state index is 5.78. The molecule has 1 aromatic rings. The molecule has 0 amide bonds. The van der Waals surface area contributed by atoms with Gasteiger partial charge in [0.25, 0.3) is 0 Å². The van der Waals surface area contributed by atoms with Crippen LogP contribution in [0.3, 0.4) is 0 Å². The molecule has 0 bridgehead atoms. The molecule has 1 aromatic carbocycles. The summed E-state index contributed by atoms with van der Waals surface area (Å²) in [6, 6.07) is 6.49. The summed E-state index contributed by atoms with van der Waals surface area (Å²) in [6.45, 7) is 6.22. The molecule has 0 saturated carbocycles. The van der Waals surface area contributed by atoms with Crippen molar-refractivity contribution in [3.8, 4) is 5.75 Å². The minimum atomic E-state index is 0.672. The Balaban J connectivity index is 2.00. The van der Waals surface area contributed by atoms with Crippen LogP contribution in [-0.4, -0.2) is 31.6 Å². The fraction of sp³-hybridized carbons (Fsp3) is 0.600. The fourth-order valence-corrected chi connectivity index (χ4v) is 2.71. The van der Waals surface area contributed by atoms with Gasteiger partial charge in [0.1, 0.15) is 5.75 Å². The first kappa shape index (κ1) is 13.4. The van der Waals surface area contributed by atoms with Crippen LogP contribution in [0.1, 0.15) is 24.0 Å². The number of nitrogens with two attached hydrogens (primary N) is 1. The standard InChI is InChI=1S/C15H24N2O/c1-12-5-6-13(8-15(12)18-2)10-17-7-3-4-14(9-16)11-17/h5-6,8,14H,3-4,7,9-11,16H2,1-2H3. The van der Waals surface area contributed by atoms with E-state index in [1.807, 2.05) is 0 Å². The highest BCUT2D eigenvalue weighted by Gasteiger charge is 2.18. The monoisotopic (exact) mass is 248 g/mol. The van der Waals surface area contributed by atoms with E-state index in [2.05, 4.69) is 30.0 Å². The van der Waals surface area contributed by atoms with E-state index in [9.17, 15) is 0 Å². The van der Waals surface area contributed by atoms with Gasteiger partial charge < -0.3 is 10.5 Å². The van der Waals surface area contributed by atoms with E-state index in [0.717, 1.165) is 25.4 Å². The third kappa shape index (κ3) is 3.24. The average molecular weight is 248 g/mol. The highest BCUT2D eigenvalue weighted by atomic mass is 16.5. The molecule has 1 aliphatic rings. The second-order valence-corrected chi connectivity index (χ2v) is 5.28. The number of hydrogen-bond donors (Lipinski definition) is 1. The van der Waals surface area contributed by atoms with E-state index >= 15 is 0 Å². The summed E-state index contributed by atoms with van der Waals surface area (Å²) in [7, 11) is 1.73. The number of ether oxygens (including phenoxy) is 1. The number of likely N-dealkylation sites (tertiary alicyclic amines) is 1. The molecular weight excluding hydrogens is 224 g/mol. The smallest absolute Gasteiger partial charge is 0.122 e. The van der Waals surface area contributed by atoms with Gasteiger partial charge in [0.2, 0.25) is 0 Å². The van der Waals surface area contributed by atoms with Crippen molar-refractivity contribution in [1.82, 2.24) is 4.90 Å². The van der Waals surface area contributed by atoms with Crippen LogP contribution in [-0.2, 0) is 6.54 Å². The van der Waals surface area contributed by atoms with Gasteiger partial charge >= 0.3 is 0 Å². The number of rotatable bonds is 4. The lowest BCUT2D eigenvalue weighted by atomic mass is 9.98. The Hall–Kier alpha value is -1.06. The van der Waals surface area contributed by atoms with Crippen molar-refractivity contribution < 1.29 is 4.74 Å². The lowest BCUT2D eigenvalue weighted by Gasteiger charge is -2.32. The van der Waals surface area contributed by atoms with Gasteiger partial charge in [-0.05, 0) is 56.0 Å². The highest BCUT2D eigenvalue weighted by molar-refractivity contribution is 5.36. The molecule has 100 valence electrons. The van der Waals surface area contributed by atoms with Crippen molar-refractivity contribution in [3.63, 3.8) is 0 Å². The summed E-state index contributed by atoms with van der Waals surface area (Å²) < 4.78 is 5.38. The first-order chi connectivity index (χ1) is 8.72. The van der Waals surface area contributed by atoms with Crippen LogP contribution in [0.25, 0.3) is 0 Å². The van der Waals surface area contributed by atoms with Crippen molar-refractivity contribution in [1.29, 1.82) is 0 Å². The molecule has 1 heterocycles. The van der Waals surface area contributed by atoms with Crippen LogP contribution in [0.4, 0.5) is 0 Å². The number of piperidine rings is 1. The molecule has 3 nitrogen and oxygen atoms in total. The lowest BCUT2D eigenvalue weighted by Crippen LogP contribution is -2.37. The van der Waals surface area contributed by atoms with E-state index in [-0.39, 0.29) is 0 Å². The predicted octanol–water partition coefficient (Wildman–Crippen LogP) is 2.17. The quantitative estimate of drug-likeness (QED) is 0.887. The lowest BCUT2D eigenvalue weighted by molar-refractivity contribution is 0.171. The summed E-state index contributed by atoms with van der Waals surface area (Å²) in [5.41, 5.74) is 8.30. The van der Waals surface area contributed by atoms with Gasteiger partial charge in [-0.2, -0.15) is 0 Å². The Morgan fingerprint density at radius 3 is 3.00 bits per heavy atom. The van der Waals surface area contributed by atoms with E-state index in [4.69, 9.17) is 10.5 Å². The molecule has 0 aliphatic carbocycles. The van der Waals surface area contributed by atoms with Crippen molar-refractivity contribution >= 4 is 0 Å². The van der Waals surface area contributed by atoms with Gasteiger partial charge in [-0.3, -0.25) is 4.90 Å². The Bertz CT molecular complexity index is 392. The van der Waals surface area contributed by atoms with Gasteiger partial charge in [0.15, 0.2) is 0 Å². The van der Waals surface area contributed by atoms with E-state index in [1.54, 1.807) is 7.11 Å². The highest BCUT2D eigenvalue weighted by Crippen LogP contribution is 2.22. The summed E-state index contributed by atoms with van der Waals surface area (Å²) in [5, 5.41) is 0. The third-order valence-corrected chi connectivity index (χ3v) is 3.82. The number of hydrogen-bond acceptors (Lipinski definition) is 3. The van der Waals surface area contributed by atoms with Crippen molar-refractivity contribution in [2.24, 2.45) is 11.7 Å². The van der Waals surface area contributed by atoms with Crippen molar-refractivity contribution in [3.05, 3.63) is 29.3 Å². The molecule has 1 aliphatic heterocycles. The molecular formula is C15H24N2O. The third-order valence-electron chi connectivity index (χ3n) is 3.82. The molecule has 1 atom stereocenters. The molecule has 1 saturated heterocycles. The van der Waals surface area contributed by atoms with Gasteiger partial charge in [-0.1, -0.05) is 12.1 Å². The SMILES string of the molecule is COc1cc(CN2CCCC(CN)C2)ccc1C. The molecule has 1 fully saturated rings. The molecule has 0 aromatic heterocycles. The molecule has 1 unspecified atom stereocenters. The maximum absolute atomic E-state index is 5.78. The molecule has 0 spiro atoms.